The Labute approximate surface area is 361 Å². The van der Waals surface area contributed by atoms with Gasteiger partial charge in [0, 0.05) is 41.1 Å². The third kappa shape index (κ3) is 10.4. The summed E-state index contributed by atoms with van der Waals surface area (Å²) >= 11 is 0. The third-order valence-corrected chi connectivity index (χ3v) is 10.9. The molecule has 4 aromatic carbocycles. The van der Waals surface area contributed by atoms with Gasteiger partial charge in [-0.2, -0.15) is 0 Å². The zero-order valence-corrected chi connectivity index (χ0v) is 34.7. The van der Waals surface area contributed by atoms with Gasteiger partial charge in [0.2, 0.25) is 11.8 Å². The molecule has 2 unspecified atom stereocenters. The number of ether oxygens (including phenoxy) is 1. The van der Waals surface area contributed by atoms with E-state index in [1.807, 2.05) is 24.3 Å². The fourth-order valence-electron chi connectivity index (χ4n) is 7.92. The van der Waals surface area contributed by atoms with Crippen LogP contribution < -0.4 is 21.3 Å². The first-order valence-corrected chi connectivity index (χ1v) is 20.5. The summed E-state index contributed by atoms with van der Waals surface area (Å²) in [6, 6.07) is 20.2. The molecule has 0 aliphatic carbocycles. The average molecular weight is 864 g/mol. The van der Waals surface area contributed by atoms with E-state index in [0.29, 0.717) is 42.6 Å². The number of hydrogen-bond donors (Lipinski definition) is 6. The van der Waals surface area contributed by atoms with Gasteiger partial charge in [-0.3, -0.25) is 19.2 Å². The van der Waals surface area contributed by atoms with Gasteiger partial charge in [0.05, 0.1) is 0 Å². The van der Waals surface area contributed by atoms with E-state index in [2.05, 4.69) is 26.3 Å². The van der Waals surface area contributed by atoms with Crippen LogP contribution in [0.1, 0.15) is 69.7 Å². The van der Waals surface area contributed by atoms with E-state index in [0.717, 1.165) is 34.3 Å². The molecule has 0 spiro atoms. The number of fused-ring (bicyclic) bond motifs is 1. The third-order valence-electron chi connectivity index (χ3n) is 10.9. The maximum Gasteiger partial charge on any atom is 0.408 e. The second-order valence-corrected chi connectivity index (χ2v) is 16.5. The summed E-state index contributed by atoms with van der Waals surface area (Å²) < 4.78 is 32.8. The number of hydrogen-bond acceptors (Lipinski definition) is 7. The van der Waals surface area contributed by atoms with Crippen LogP contribution >= 0.6 is 0 Å². The molecule has 15 nitrogen and oxygen atoms in total. The molecule has 1 aromatic heterocycles. The van der Waals surface area contributed by atoms with Crippen LogP contribution in [-0.2, 0) is 23.9 Å². The number of anilines is 2. The minimum absolute atomic E-state index is 0.244. The van der Waals surface area contributed by atoms with Gasteiger partial charge in [0.15, 0.2) is 0 Å². The molecule has 0 saturated carbocycles. The summed E-state index contributed by atoms with van der Waals surface area (Å²) in [7, 11) is 0. The highest BCUT2D eigenvalue weighted by atomic mass is 19.1. The van der Waals surface area contributed by atoms with Crippen molar-refractivity contribution in [2.45, 2.75) is 76.2 Å². The number of nitrogens with one attached hydrogen (secondary N) is 5. The molecule has 2 fully saturated rings. The first kappa shape index (κ1) is 43.8. The average Bonchev–Trinajstić information content (AvgIpc) is 4.03. The maximum atomic E-state index is 14.0. The molecule has 63 heavy (non-hydrogen) atoms. The molecule has 0 radical (unpaired) electrons. The first-order chi connectivity index (χ1) is 30.0. The van der Waals surface area contributed by atoms with Gasteiger partial charge in [-0.15, -0.1) is 0 Å². The SMILES string of the molecule is CC(C)(C)OC(=O)NC(C(=O)N1CCCC1C(=O)Nc1ccc2[nH]c(-c3ccc(NC(=O)[C@@H]4CCCN4C(=O)[C@H](NC(=O)O)c4ccc(F)cc4)cc3)cc2c1)c1ccc(F)cc1. The van der Waals surface area contributed by atoms with Crippen LogP contribution in [0.25, 0.3) is 22.2 Å². The molecular weight excluding hydrogens is 817 g/mol. The van der Waals surface area contributed by atoms with Crippen LogP contribution in [0, 0.1) is 11.6 Å². The number of alkyl carbamates (subject to hydrolysis) is 1. The van der Waals surface area contributed by atoms with Crippen LogP contribution in [0.3, 0.4) is 0 Å². The Morgan fingerprint density at radius 1 is 0.683 bits per heavy atom. The topological polar surface area (TPSA) is 202 Å². The molecule has 5 aromatic rings. The normalized spacial score (nSPS) is 17.2. The number of amides is 6. The van der Waals surface area contributed by atoms with Crippen molar-refractivity contribution in [3.63, 3.8) is 0 Å². The van der Waals surface area contributed by atoms with Crippen molar-refractivity contribution in [3.05, 3.63) is 120 Å². The molecule has 0 bridgehead atoms. The number of carbonyl (C=O) groups is 6. The lowest BCUT2D eigenvalue weighted by molar-refractivity contribution is -0.138. The van der Waals surface area contributed by atoms with Crippen LogP contribution in [0.15, 0.2) is 97.1 Å². The van der Waals surface area contributed by atoms with Crippen molar-refractivity contribution < 1.29 is 47.4 Å². The van der Waals surface area contributed by atoms with Gasteiger partial charge >= 0.3 is 12.2 Å². The number of likely N-dealkylation sites (tertiary alicyclic amines) is 2. The van der Waals surface area contributed by atoms with Crippen molar-refractivity contribution in [3.8, 4) is 11.3 Å². The largest absolute Gasteiger partial charge is 0.465 e. The lowest BCUT2D eigenvalue weighted by Gasteiger charge is -2.29. The number of H-pyrrole nitrogens is 1. The predicted octanol–water partition coefficient (Wildman–Crippen LogP) is 7.25. The highest BCUT2D eigenvalue weighted by molar-refractivity contribution is 6.01. The molecule has 3 heterocycles. The Morgan fingerprint density at radius 3 is 1.68 bits per heavy atom. The number of carbonyl (C=O) groups excluding carboxylic acids is 5. The van der Waals surface area contributed by atoms with Gasteiger partial charge in [-0.05, 0) is 124 Å². The van der Waals surface area contributed by atoms with Gasteiger partial charge in [-0.25, -0.2) is 18.4 Å². The first-order valence-electron chi connectivity index (χ1n) is 20.5. The van der Waals surface area contributed by atoms with Gasteiger partial charge in [-0.1, -0.05) is 36.4 Å². The number of aromatic nitrogens is 1. The van der Waals surface area contributed by atoms with Crippen molar-refractivity contribution in [1.29, 1.82) is 0 Å². The monoisotopic (exact) mass is 863 g/mol. The smallest absolute Gasteiger partial charge is 0.408 e. The predicted molar refractivity (Wildman–Crippen MR) is 229 cm³/mol. The van der Waals surface area contributed by atoms with Crippen LogP contribution in [0.5, 0.6) is 0 Å². The van der Waals surface area contributed by atoms with Gasteiger partial charge in [0.1, 0.15) is 41.4 Å². The molecule has 7 rings (SSSR count). The Morgan fingerprint density at radius 2 is 1.17 bits per heavy atom. The number of rotatable bonds is 11. The van der Waals surface area contributed by atoms with E-state index in [1.54, 1.807) is 45.0 Å². The van der Waals surface area contributed by atoms with Crippen LogP contribution in [0.4, 0.5) is 29.7 Å². The number of halogens is 2. The van der Waals surface area contributed by atoms with E-state index in [-0.39, 0.29) is 18.7 Å². The van der Waals surface area contributed by atoms with Crippen molar-refractivity contribution in [2.24, 2.45) is 0 Å². The molecular formula is C46H47F2N7O8. The molecule has 4 atom stereocenters. The van der Waals surface area contributed by atoms with Crippen molar-refractivity contribution in [2.75, 3.05) is 23.7 Å². The highest BCUT2D eigenvalue weighted by Gasteiger charge is 2.40. The molecule has 6 N–H and O–H groups in total. The van der Waals surface area contributed by atoms with Gasteiger partial charge in [0.25, 0.3) is 11.8 Å². The summed E-state index contributed by atoms with van der Waals surface area (Å²) in [5, 5.41) is 20.8. The van der Waals surface area contributed by atoms with E-state index >= 15 is 0 Å². The molecule has 2 saturated heterocycles. The number of nitrogens with zero attached hydrogens (tertiary/aromatic N) is 2. The Bertz CT molecular complexity index is 2520. The Hall–Kier alpha value is -7.30. The van der Waals surface area contributed by atoms with Crippen molar-refractivity contribution >= 4 is 58.1 Å². The fraction of sp³-hybridized carbons (Fsp3) is 0.304. The zero-order chi connectivity index (χ0) is 45.0. The maximum absolute atomic E-state index is 14.0. The quantitative estimate of drug-likeness (QED) is 0.0797. The minimum atomic E-state index is -1.44. The number of carboxylic acid groups (broad SMARTS) is 1. The highest BCUT2D eigenvalue weighted by Crippen LogP contribution is 2.30. The Kier molecular flexibility index (Phi) is 12.8. The Balaban J connectivity index is 0.994. The molecule has 17 heteroatoms. The molecule has 2 aliphatic heterocycles. The van der Waals surface area contributed by atoms with E-state index in [9.17, 15) is 42.7 Å². The molecule has 6 amide bonds. The van der Waals surface area contributed by atoms with E-state index < -0.39 is 77.2 Å². The summed E-state index contributed by atoms with van der Waals surface area (Å²) in [5.74, 6) is -3.03. The lowest BCUT2D eigenvalue weighted by Crippen LogP contribution is -2.49. The van der Waals surface area contributed by atoms with E-state index in [4.69, 9.17) is 4.74 Å². The fourth-order valence-corrected chi connectivity index (χ4v) is 7.92. The summed E-state index contributed by atoms with van der Waals surface area (Å²) in [6.45, 7) is 5.59. The second kappa shape index (κ2) is 18.4. The minimum Gasteiger partial charge on any atom is -0.465 e. The van der Waals surface area contributed by atoms with E-state index in [1.165, 1.54) is 46.2 Å². The van der Waals surface area contributed by atoms with Crippen LogP contribution in [0.2, 0.25) is 0 Å². The molecule has 328 valence electrons. The summed E-state index contributed by atoms with van der Waals surface area (Å²) in [4.78, 5) is 85.3. The standard InChI is InChI=1S/C46H47F2N7O8/c1-46(2,3)63-45(62)53-39(28-10-16-31(48)17-11-28)43(59)55-23-5-7-37(55)41(57)50-33-20-21-34-29(24-33)25-35(51-34)26-12-18-32(19-13-26)49-40(56)36-6-4-22-54(36)42(58)38(52-44(60)61)27-8-14-30(47)15-9-27/h8-21,24-25,36-39,51-52H,4-7,22-23H2,1-3H3,(H,49,56)(H,50,57)(H,53,62)(H,60,61)/t36-,37?,38+,39?/m0/s1. The summed E-state index contributed by atoms with van der Waals surface area (Å²) in [6.07, 6.45) is -0.412. The molecule has 2 aliphatic rings. The number of benzene rings is 4. The van der Waals surface area contributed by atoms with Crippen LogP contribution in [-0.4, -0.2) is 86.5 Å². The van der Waals surface area contributed by atoms with Crippen molar-refractivity contribution in [1.82, 2.24) is 25.4 Å². The second-order valence-electron chi connectivity index (χ2n) is 16.5. The number of aromatic amines is 1. The summed E-state index contributed by atoms with van der Waals surface area (Å²) in [5.41, 5.74) is 3.07. The lowest BCUT2D eigenvalue weighted by atomic mass is 10.0. The zero-order valence-electron chi connectivity index (χ0n) is 34.7. The van der Waals surface area contributed by atoms with Gasteiger partial charge < -0.3 is 45.9 Å².